The molecule has 0 unspecified atom stereocenters. The van der Waals surface area contributed by atoms with E-state index in [0.29, 0.717) is 11.1 Å². The molecular formula is C8H8O3. The highest BCUT2D eigenvalue weighted by molar-refractivity contribution is 6.08. The zero-order valence-electron chi connectivity index (χ0n) is 6.38. The number of carbonyl (C=O) groups is 1. The van der Waals surface area contributed by atoms with Gasteiger partial charge in [-0.05, 0) is 37.1 Å². The molecule has 1 saturated heterocycles. The number of hydrogen-bond donors (Lipinski definition) is 0. The lowest BCUT2D eigenvalue weighted by Crippen LogP contribution is -2.15. The van der Waals surface area contributed by atoms with E-state index < -0.39 is 5.79 Å². The largest absolute Gasteiger partial charge is 0.289 e. The minimum Gasteiger partial charge on any atom is -0.289 e. The lowest BCUT2D eigenvalue weighted by molar-refractivity contribution is -0.112. The van der Waals surface area contributed by atoms with Gasteiger partial charge in [0.1, 0.15) is 0 Å². The van der Waals surface area contributed by atoms with Crippen LogP contribution in [0.4, 0.5) is 0 Å². The van der Waals surface area contributed by atoms with Crippen LogP contribution in [0.2, 0.25) is 0 Å². The molecular weight excluding hydrogens is 144 g/mol. The SMILES string of the molecule is CC1=CC2(C=C(C)C1=O)OO2. The fourth-order valence-corrected chi connectivity index (χ4v) is 1.23. The third-order valence-electron chi connectivity index (χ3n) is 1.83. The summed E-state index contributed by atoms with van der Waals surface area (Å²) >= 11 is 0. The Kier molecular flexibility index (Phi) is 1.11. The summed E-state index contributed by atoms with van der Waals surface area (Å²) in [7, 11) is 0. The Hall–Kier alpha value is -0.930. The Morgan fingerprint density at radius 1 is 1.18 bits per heavy atom. The maximum atomic E-state index is 11.2. The first-order valence-electron chi connectivity index (χ1n) is 3.43. The van der Waals surface area contributed by atoms with Gasteiger partial charge in [0.05, 0.1) is 0 Å². The van der Waals surface area contributed by atoms with Gasteiger partial charge in [0, 0.05) is 0 Å². The Bertz CT molecular complexity index is 258. The van der Waals surface area contributed by atoms with E-state index in [9.17, 15) is 4.79 Å². The monoisotopic (exact) mass is 152 g/mol. The maximum absolute atomic E-state index is 11.2. The summed E-state index contributed by atoms with van der Waals surface area (Å²) in [4.78, 5) is 20.6. The second-order valence-electron chi connectivity index (χ2n) is 2.87. The first-order chi connectivity index (χ1) is 5.13. The molecule has 0 amide bonds. The van der Waals surface area contributed by atoms with Crippen molar-refractivity contribution in [3.05, 3.63) is 23.3 Å². The average molecular weight is 152 g/mol. The van der Waals surface area contributed by atoms with Gasteiger partial charge < -0.3 is 0 Å². The molecule has 0 aromatic heterocycles. The van der Waals surface area contributed by atoms with Crippen molar-refractivity contribution in [2.75, 3.05) is 0 Å². The van der Waals surface area contributed by atoms with E-state index in [1.807, 2.05) is 0 Å². The normalized spacial score (nSPS) is 26.5. The Morgan fingerprint density at radius 2 is 1.64 bits per heavy atom. The van der Waals surface area contributed by atoms with E-state index in [-0.39, 0.29) is 5.78 Å². The minimum atomic E-state index is -0.692. The molecule has 2 rings (SSSR count). The molecule has 0 aromatic carbocycles. The second kappa shape index (κ2) is 1.81. The summed E-state index contributed by atoms with van der Waals surface area (Å²) in [5.74, 6) is -0.628. The van der Waals surface area contributed by atoms with Crippen molar-refractivity contribution >= 4 is 5.78 Å². The van der Waals surface area contributed by atoms with Crippen LogP contribution in [0.5, 0.6) is 0 Å². The van der Waals surface area contributed by atoms with Gasteiger partial charge in [-0.15, -0.1) is 0 Å². The highest BCUT2D eigenvalue weighted by atomic mass is 17.4. The van der Waals surface area contributed by atoms with Crippen molar-refractivity contribution in [1.29, 1.82) is 0 Å². The Labute approximate surface area is 64.2 Å². The maximum Gasteiger partial charge on any atom is 0.272 e. The van der Waals surface area contributed by atoms with Gasteiger partial charge in [-0.25, -0.2) is 0 Å². The number of rotatable bonds is 0. The van der Waals surface area contributed by atoms with Crippen LogP contribution in [0, 0.1) is 0 Å². The van der Waals surface area contributed by atoms with Gasteiger partial charge in [0.2, 0.25) is 0 Å². The van der Waals surface area contributed by atoms with Gasteiger partial charge in [-0.2, -0.15) is 9.78 Å². The van der Waals surface area contributed by atoms with E-state index in [1.165, 1.54) is 0 Å². The van der Waals surface area contributed by atoms with Crippen LogP contribution in [0.3, 0.4) is 0 Å². The fourth-order valence-electron chi connectivity index (χ4n) is 1.23. The van der Waals surface area contributed by atoms with Gasteiger partial charge in [0.15, 0.2) is 5.78 Å². The van der Waals surface area contributed by atoms with Crippen molar-refractivity contribution in [1.82, 2.24) is 0 Å². The summed E-state index contributed by atoms with van der Waals surface area (Å²) in [5, 5.41) is 0. The van der Waals surface area contributed by atoms with Crippen molar-refractivity contribution in [2.24, 2.45) is 0 Å². The standard InChI is InChI=1S/C8H8O3/c1-5-3-8(10-11-8)4-6(2)7(5)9/h3-4H,1-2H3. The van der Waals surface area contributed by atoms with Crippen molar-refractivity contribution < 1.29 is 14.6 Å². The van der Waals surface area contributed by atoms with Gasteiger partial charge >= 0.3 is 0 Å². The Balaban J connectivity index is 2.40. The van der Waals surface area contributed by atoms with Crippen LogP contribution >= 0.6 is 0 Å². The summed E-state index contributed by atoms with van der Waals surface area (Å²) in [6.45, 7) is 3.51. The molecule has 58 valence electrons. The van der Waals surface area contributed by atoms with E-state index in [1.54, 1.807) is 26.0 Å². The van der Waals surface area contributed by atoms with Crippen molar-refractivity contribution in [2.45, 2.75) is 19.6 Å². The molecule has 11 heavy (non-hydrogen) atoms. The van der Waals surface area contributed by atoms with Crippen LogP contribution in [0.1, 0.15) is 13.8 Å². The smallest absolute Gasteiger partial charge is 0.272 e. The van der Waals surface area contributed by atoms with E-state index in [0.717, 1.165) is 0 Å². The molecule has 1 aliphatic carbocycles. The molecule has 0 radical (unpaired) electrons. The molecule has 0 saturated carbocycles. The zero-order chi connectivity index (χ0) is 8.06. The van der Waals surface area contributed by atoms with Crippen LogP contribution < -0.4 is 0 Å². The zero-order valence-corrected chi connectivity index (χ0v) is 6.38. The molecule has 3 heteroatoms. The molecule has 0 aromatic rings. The van der Waals surface area contributed by atoms with E-state index >= 15 is 0 Å². The predicted octanol–water partition coefficient (Wildman–Crippen LogP) is 1.12. The molecule has 1 aliphatic heterocycles. The molecule has 2 aliphatic rings. The summed E-state index contributed by atoms with van der Waals surface area (Å²) in [6.07, 6.45) is 3.37. The van der Waals surface area contributed by atoms with Gasteiger partial charge in [0.25, 0.3) is 5.79 Å². The molecule has 1 fully saturated rings. The first kappa shape index (κ1) is 6.76. The second-order valence-corrected chi connectivity index (χ2v) is 2.87. The predicted molar refractivity (Wildman–Crippen MR) is 37.4 cm³/mol. The first-order valence-corrected chi connectivity index (χ1v) is 3.43. The third-order valence-corrected chi connectivity index (χ3v) is 1.83. The molecule has 0 atom stereocenters. The number of ketones is 1. The van der Waals surface area contributed by atoms with Gasteiger partial charge in [-0.3, -0.25) is 4.79 Å². The Morgan fingerprint density at radius 3 is 2.00 bits per heavy atom. The average Bonchev–Trinajstić information content (AvgIpc) is 2.65. The summed E-state index contributed by atoms with van der Waals surface area (Å²) < 4.78 is 0. The third kappa shape index (κ3) is 0.931. The highest BCUT2D eigenvalue weighted by Gasteiger charge is 2.47. The number of hydrogen-bond acceptors (Lipinski definition) is 3. The lowest BCUT2D eigenvalue weighted by atomic mass is 9.96. The van der Waals surface area contributed by atoms with Crippen LogP contribution in [-0.2, 0) is 14.6 Å². The van der Waals surface area contributed by atoms with Crippen molar-refractivity contribution in [3.8, 4) is 0 Å². The van der Waals surface area contributed by atoms with Crippen LogP contribution in [0.15, 0.2) is 23.3 Å². The van der Waals surface area contributed by atoms with Gasteiger partial charge in [-0.1, -0.05) is 0 Å². The summed E-state index contributed by atoms with van der Waals surface area (Å²) in [6, 6.07) is 0. The molecule has 3 nitrogen and oxygen atoms in total. The van der Waals surface area contributed by atoms with E-state index in [4.69, 9.17) is 9.78 Å². The molecule has 1 heterocycles. The summed E-state index contributed by atoms with van der Waals surface area (Å²) in [5.41, 5.74) is 1.37. The van der Waals surface area contributed by atoms with Crippen molar-refractivity contribution in [3.63, 3.8) is 0 Å². The molecule has 0 N–H and O–H groups in total. The number of Topliss-reactive ketones (excluding diaryl/α,β-unsaturated/α-hetero) is 1. The molecule has 1 spiro atoms. The number of allylic oxidation sites excluding steroid dienone is 2. The lowest BCUT2D eigenvalue weighted by Gasteiger charge is -2.08. The van der Waals surface area contributed by atoms with Crippen LogP contribution in [-0.4, -0.2) is 11.6 Å². The topological polar surface area (TPSA) is 42.1 Å². The van der Waals surface area contributed by atoms with E-state index in [2.05, 4.69) is 0 Å². The highest BCUT2D eigenvalue weighted by Crippen LogP contribution is 2.38. The van der Waals surface area contributed by atoms with Crippen LogP contribution in [0.25, 0.3) is 0 Å². The quantitative estimate of drug-likeness (QED) is 0.386. The molecule has 0 bridgehead atoms. The fraction of sp³-hybridized carbons (Fsp3) is 0.375. The minimum absolute atomic E-state index is 0.0646. The number of carbonyl (C=O) groups excluding carboxylic acids is 1.